The van der Waals surface area contributed by atoms with Crippen molar-refractivity contribution < 1.29 is 14.8 Å². The molecule has 8 heteroatoms. The summed E-state index contributed by atoms with van der Waals surface area (Å²) in [5.74, 6) is 0.147. The number of anilines is 1. The van der Waals surface area contributed by atoms with Crippen LogP contribution < -0.4 is 5.32 Å². The molecule has 0 bridgehead atoms. The summed E-state index contributed by atoms with van der Waals surface area (Å²) in [6, 6.07) is 12.9. The Morgan fingerprint density at radius 1 is 1.13 bits per heavy atom. The number of aromatic nitrogens is 1. The summed E-state index contributed by atoms with van der Waals surface area (Å²) in [6.45, 7) is 8.46. The van der Waals surface area contributed by atoms with Crippen LogP contribution in [0.2, 0.25) is 0 Å². The van der Waals surface area contributed by atoms with Gasteiger partial charge in [-0.15, -0.1) is 0 Å². The van der Waals surface area contributed by atoms with Crippen LogP contribution in [0.3, 0.4) is 0 Å². The van der Waals surface area contributed by atoms with Gasteiger partial charge in [0.15, 0.2) is 0 Å². The van der Waals surface area contributed by atoms with Gasteiger partial charge in [-0.3, -0.25) is 10.1 Å². The van der Waals surface area contributed by atoms with E-state index in [1.165, 1.54) is 6.07 Å². The fourth-order valence-corrected chi connectivity index (χ4v) is 3.16. The topological polar surface area (TPSA) is 116 Å². The van der Waals surface area contributed by atoms with Crippen molar-refractivity contribution in [3.05, 3.63) is 64.0 Å². The Hall–Kier alpha value is -3.23. The van der Waals surface area contributed by atoms with Gasteiger partial charge >= 0.3 is 5.88 Å². The first kappa shape index (κ1) is 23.1. The number of rotatable bonds is 10. The van der Waals surface area contributed by atoms with Gasteiger partial charge < -0.3 is 20.1 Å². The Morgan fingerprint density at radius 2 is 1.93 bits per heavy atom. The van der Waals surface area contributed by atoms with E-state index in [0.29, 0.717) is 5.76 Å². The number of nitrogens with one attached hydrogen (secondary N) is 1. The number of para-hydroxylation sites is 1. The maximum Gasteiger partial charge on any atom is 0.433 e. The third-order valence-corrected chi connectivity index (χ3v) is 4.81. The van der Waals surface area contributed by atoms with Crippen molar-refractivity contribution in [3.8, 4) is 0 Å². The lowest BCUT2D eigenvalue weighted by molar-refractivity contribution is -0.402. The Balaban J connectivity index is 0.00000320. The van der Waals surface area contributed by atoms with Crippen LogP contribution in [0.4, 0.5) is 11.6 Å². The van der Waals surface area contributed by atoms with Crippen LogP contribution in [0.1, 0.15) is 31.7 Å². The van der Waals surface area contributed by atoms with Crippen molar-refractivity contribution in [2.75, 3.05) is 31.5 Å². The average molecular weight is 412 g/mol. The second-order valence-corrected chi connectivity index (χ2v) is 6.69. The van der Waals surface area contributed by atoms with E-state index < -0.39 is 4.92 Å². The highest BCUT2D eigenvalue weighted by Gasteiger charge is 2.10. The molecule has 0 aliphatic rings. The molecule has 0 unspecified atom stereocenters. The number of pyridine rings is 1. The smallest absolute Gasteiger partial charge is 0.412 e. The minimum atomic E-state index is -0.552. The van der Waals surface area contributed by atoms with Crippen molar-refractivity contribution in [1.82, 2.24) is 9.88 Å². The number of nitro groups is 1. The van der Waals surface area contributed by atoms with Crippen molar-refractivity contribution in [2.24, 2.45) is 0 Å². The number of benzene rings is 1. The first-order valence-electron chi connectivity index (χ1n) is 9.89. The molecule has 3 rings (SSSR count). The summed E-state index contributed by atoms with van der Waals surface area (Å²) in [6.07, 6.45) is 4.54. The third-order valence-electron chi connectivity index (χ3n) is 4.81. The first-order chi connectivity index (χ1) is 14.1. The van der Waals surface area contributed by atoms with Crippen LogP contribution in [-0.4, -0.2) is 46.5 Å². The lowest BCUT2D eigenvalue weighted by atomic mass is 10.1. The summed E-state index contributed by atoms with van der Waals surface area (Å²) in [5, 5.41) is 15.3. The minimum Gasteiger partial charge on any atom is -0.412 e. The molecule has 0 saturated heterocycles. The summed E-state index contributed by atoms with van der Waals surface area (Å²) in [4.78, 5) is 17.3. The second kappa shape index (κ2) is 11.1. The highest BCUT2D eigenvalue weighted by Crippen LogP contribution is 2.23. The molecular weight excluding hydrogens is 384 g/mol. The van der Waals surface area contributed by atoms with E-state index in [0.717, 1.165) is 54.9 Å². The summed E-state index contributed by atoms with van der Waals surface area (Å²) < 4.78 is 5.15. The normalized spacial score (nSPS) is 11.2. The van der Waals surface area contributed by atoms with Gasteiger partial charge in [0, 0.05) is 11.9 Å². The van der Waals surface area contributed by atoms with Crippen molar-refractivity contribution in [3.63, 3.8) is 0 Å². The molecule has 0 fully saturated rings. The van der Waals surface area contributed by atoms with Gasteiger partial charge in [-0.2, -0.15) is 0 Å². The van der Waals surface area contributed by atoms with E-state index in [2.05, 4.69) is 24.1 Å². The van der Waals surface area contributed by atoms with Crippen LogP contribution in [0, 0.1) is 10.1 Å². The van der Waals surface area contributed by atoms with Crippen molar-refractivity contribution in [2.45, 2.75) is 20.3 Å². The predicted molar refractivity (Wildman–Crippen MR) is 121 cm³/mol. The molecule has 2 aromatic heterocycles. The number of hydrogen-bond acceptors (Lipinski definition) is 6. The molecule has 0 aliphatic heterocycles. The van der Waals surface area contributed by atoms with Gasteiger partial charge in [0.1, 0.15) is 10.7 Å². The lowest BCUT2D eigenvalue weighted by Crippen LogP contribution is -2.25. The lowest BCUT2D eigenvalue weighted by Gasteiger charge is -2.18. The van der Waals surface area contributed by atoms with E-state index in [1.54, 1.807) is 18.2 Å². The van der Waals surface area contributed by atoms with Crippen LogP contribution in [0.15, 0.2) is 46.9 Å². The number of furan rings is 1. The third kappa shape index (κ3) is 5.88. The van der Waals surface area contributed by atoms with E-state index in [9.17, 15) is 10.1 Å². The Kier molecular flexibility index (Phi) is 8.52. The first-order valence-corrected chi connectivity index (χ1v) is 9.89. The molecule has 160 valence electrons. The van der Waals surface area contributed by atoms with Crippen molar-refractivity contribution >= 4 is 34.6 Å². The molecule has 0 aliphatic carbocycles. The van der Waals surface area contributed by atoms with E-state index in [1.807, 2.05) is 30.3 Å². The number of nitrogens with zero attached hydrogens (tertiary/aromatic N) is 3. The standard InChI is InChI=1S/C22H26N4O3.H2O/c1-3-25(4-2)16-6-15-23-20-8-5-7-17-9-10-18(24-22(17)20)11-12-19-13-14-21(29-19)26(27)28;/h5,7-14,23H,3-4,6,15-16H2,1-2H3;1H2/b12-11-;. The fraction of sp³-hybridized carbons (Fsp3) is 0.318. The molecule has 8 nitrogen and oxygen atoms in total. The average Bonchev–Trinajstić information content (AvgIpc) is 3.22. The minimum absolute atomic E-state index is 0. The Morgan fingerprint density at radius 3 is 2.63 bits per heavy atom. The maximum absolute atomic E-state index is 10.7. The van der Waals surface area contributed by atoms with E-state index >= 15 is 0 Å². The molecule has 0 radical (unpaired) electrons. The van der Waals surface area contributed by atoms with Gasteiger partial charge in [0.25, 0.3) is 0 Å². The summed E-state index contributed by atoms with van der Waals surface area (Å²) >= 11 is 0. The summed E-state index contributed by atoms with van der Waals surface area (Å²) in [7, 11) is 0. The zero-order valence-electron chi connectivity index (χ0n) is 17.3. The van der Waals surface area contributed by atoms with Gasteiger partial charge in [-0.05, 0) is 56.4 Å². The largest absolute Gasteiger partial charge is 0.433 e. The number of fused-ring (bicyclic) bond motifs is 1. The molecule has 0 atom stereocenters. The fourth-order valence-electron chi connectivity index (χ4n) is 3.16. The second-order valence-electron chi connectivity index (χ2n) is 6.69. The maximum atomic E-state index is 10.7. The van der Waals surface area contributed by atoms with Gasteiger partial charge in [0.2, 0.25) is 0 Å². The van der Waals surface area contributed by atoms with Crippen molar-refractivity contribution in [1.29, 1.82) is 0 Å². The van der Waals surface area contributed by atoms with Crippen LogP contribution >= 0.6 is 0 Å². The van der Waals surface area contributed by atoms with E-state index in [4.69, 9.17) is 9.40 Å². The van der Waals surface area contributed by atoms with Gasteiger partial charge in [-0.25, -0.2) is 4.98 Å². The van der Waals surface area contributed by atoms with Crippen LogP contribution in [-0.2, 0) is 0 Å². The molecule has 0 spiro atoms. The molecule has 0 amide bonds. The zero-order valence-corrected chi connectivity index (χ0v) is 17.3. The summed E-state index contributed by atoms with van der Waals surface area (Å²) in [5.41, 5.74) is 2.67. The van der Waals surface area contributed by atoms with E-state index in [-0.39, 0.29) is 11.4 Å². The highest BCUT2D eigenvalue weighted by molar-refractivity contribution is 5.91. The predicted octanol–water partition coefficient (Wildman–Crippen LogP) is 4.23. The van der Waals surface area contributed by atoms with Crippen LogP contribution in [0.25, 0.3) is 23.1 Å². The molecule has 1 aromatic carbocycles. The van der Waals surface area contributed by atoms with Gasteiger partial charge in [0.05, 0.1) is 23.0 Å². The molecule has 30 heavy (non-hydrogen) atoms. The molecule has 3 aromatic rings. The van der Waals surface area contributed by atoms with Gasteiger partial charge in [-0.1, -0.05) is 32.0 Å². The SMILES string of the molecule is CCN(CC)CCCNc1cccc2ccc(/C=C\c3ccc([N+](=O)[O-])o3)nc12.O. The Bertz CT molecular complexity index is 996. The zero-order chi connectivity index (χ0) is 20.6. The van der Waals surface area contributed by atoms with Crippen LogP contribution in [0.5, 0.6) is 0 Å². The molecule has 0 saturated carbocycles. The molecule has 3 N–H and O–H groups in total. The number of hydrogen-bond donors (Lipinski definition) is 1. The monoisotopic (exact) mass is 412 g/mol. The quantitative estimate of drug-likeness (QED) is 0.303. The Labute approximate surface area is 175 Å². The molecule has 2 heterocycles. The highest BCUT2D eigenvalue weighted by atomic mass is 16.6. The molecular formula is C22H28N4O4.